The van der Waals surface area contributed by atoms with E-state index in [-0.39, 0.29) is 34.4 Å². The van der Waals surface area contributed by atoms with Gasteiger partial charge in [-0.3, -0.25) is 9.59 Å². The summed E-state index contributed by atoms with van der Waals surface area (Å²) in [5.41, 5.74) is 1.03. The average Bonchev–Trinajstić information content (AvgIpc) is 3.40. The van der Waals surface area contributed by atoms with Gasteiger partial charge in [0.25, 0.3) is 11.5 Å². The highest BCUT2D eigenvalue weighted by molar-refractivity contribution is 7.15. The first-order valence-corrected chi connectivity index (χ1v) is 13.2. The molecule has 3 N–H and O–H groups in total. The number of fused-ring (bicyclic) bond motifs is 1. The zero-order chi connectivity index (χ0) is 28.2. The van der Waals surface area contributed by atoms with Gasteiger partial charge < -0.3 is 24.7 Å². The number of halogens is 1. The van der Waals surface area contributed by atoms with Crippen molar-refractivity contribution in [1.29, 1.82) is 0 Å². The summed E-state index contributed by atoms with van der Waals surface area (Å²) in [5.74, 6) is -0.375. The van der Waals surface area contributed by atoms with E-state index < -0.39 is 11.2 Å². The number of benzene rings is 1. The fraction of sp³-hybridized carbons (Fsp3) is 0.393. The van der Waals surface area contributed by atoms with E-state index in [2.05, 4.69) is 15.3 Å². The van der Waals surface area contributed by atoms with E-state index in [0.717, 1.165) is 16.7 Å². The maximum absolute atomic E-state index is 14.0. The second-order valence-corrected chi connectivity index (χ2v) is 11.5. The summed E-state index contributed by atoms with van der Waals surface area (Å²) in [7, 11) is 1.63. The molecule has 3 aromatic heterocycles. The molecule has 0 unspecified atom stereocenters. The topological polar surface area (TPSA) is 109 Å². The first kappa shape index (κ1) is 27.5. The highest BCUT2D eigenvalue weighted by Gasteiger charge is 2.33. The molecule has 38 heavy (non-hydrogen) atoms. The highest BCUT2D eigenvalue weighted by atomic mass is 32.1. The minimum Gasteiger partial charge on any atom is -0.466 e. The predicted molar refractivity (Wildman–Crippen MR) is 147 cm³/mol. The van der Waals surface area contributed by atoms with Crippen LogP contribution in [0.5, 0.6) is 5.88 Å². The molecule has 3 heterocycles. The Morgan fingerprint density at radius 3 is 2.42 bits per heavy atom. The lowest BCUT2D eigenvalue weighted by Gasteiger charge is -2.29. The van der Waals surface area contributed by atoms with Crippen molar-refractivity contribution in [3.05, 3.63) is 68.0 Å². The third kappa shape index (κ3) is 4.98. The first-order valence-electron chi connectivity index (χ1n) is 12.3. The van der Waals surface area contributed by atoms with Crippen LogP contribution in [0.2, 0.25) is 0 Å². The smallest absolute Gasteiger partial charge is 0.274 e. The quantitative estimate of drug-likeness (QED) is 0.304. The number of ether oxygens (including phenoxy) is 1. The van der Waals surface area contributed by atoms with Gasteiger partial charge in [-0.25, -0.2) is 9.37 Å². The Balaban J connectivity index is 1.95. The summed E-state index contributed by atoms with van der Waals surface area (Å²) < 4.78 is 22.0. The van der Waals surface area contributed by atoms with Gasteiger partial charge in [0.1, 0.15) is 38.1 Å². The molecule has 0 saturated heterocycles. The number of aliphatic hydroxyl groups is 1. The number of carbonyl (C=O) groups is 1. The standard InChI is InChI=1S/C28H33FN4O4S/c1-9-30-23(34)19-12-17-18(13-33(8)25(35)21(17)31-19)22-24(32-26(38-22)27(4,5)36)37-28(6,7)20-14(2)10-16(29)11-15(20)3/h10-13,31,36H,9H2,1-8H3,(H,30,34). The van der Waals surface area contributed by atoms with E-state index in [1.54, 1.807) is 33.2 Å². The maximum atomic E-state index is 14.0. The van der Waals surface area contributed by atoms with E-state index in [1.807, 2.05) is 34.6 Å². The van der Waals surface area contributed by atoms with E-state index in [1.165, 1.54) is 28.0 Å². The Morgan fingerprint density at radius 1 is 1.21 bits per heavy atom. The molecule has 10 heteroatoms. The van der Waals surface area contributed by atoms with Crippen molar-refractivity contribution in [3.8, 4) is 16.3 Å². The fourth-order valence-corrected chi connectivity index (χ4v) is 5.87. The number of amides is 1. The molecule has 0 aliphatic carbocycles. The second-order valence-electron chi connectivity index (χ2n) is 10.5. The Morgan fingerprint density at radius 2 is 1.84 bits per heavy atom. The lowest BCUT2D eigenvalue weighted by atomic mass is 9.89. The Kier molecular flexibility index (Phi) is 7.00. The third-order valence-corrected chi connectivity index (χ3v) is 7.75. The monoisotopic (exact) mass is 540 g/mol. The summed E-state index contributed by atoms with van der Waals surface area (Å²) in [6, 6.07) is 4.58. The summed E-state index contributed by atoms with van der Waals surface area (Å²) in [4.78, 5) is 33.7. The molecule has 0 atom stereocenters. The molecule has 4 rings (SSSR count). The van der Waals surface area contributed by atoms with Crippen molar-refractivity contribution in [1.82, 2.24) is 19.9 Å². The fourth-order valence-electron chi connectivity index (χ4n) is 4.85. The van der Waals surface area contributed by atoms with Gasteiger partial charge in [-0.05, 0) is 77.8 Å². The zero-order valence-electron chi connectivity index (χ0n) is 22.9. The number of aromatic nitrogens is 3. The Labute approximate surface area is 224 Å². The molecule has 1 aromatic carbocycles. The molecule has 0 spiro atoms. The van der Waals surface area contributed by atoms with Crippen molar-refractivity contribution in [2.75, 3.05) is 6.54 Å². The van der Waals surface area contributed by atoms with E-state index in [4.69, 9.17) is 4.74 Å². The molecule has 0 fully saturated rings. The van der Waals surface area contributed by atoms with Crippen molar-refractivity contribution in [3.63, 3.8) is 0 Å². The van der Waals surface area contributed by atoms with Crippen LogP contribution in [0, 0.1) is 19.7 Å². The Hall–Kier alpha value is -3.50. The average molecular weight is 541 g/mol. The molecule has 1 amide bonds. The number of aromatic amines is 1. The number of hydrogen-bond donors (Lipinski definition) is 3. The van der Waals surface area contributed by atoms with Crippen LogP contribution in [0.3, 0.4) is 0 Å². The summed E-state index contributed by atoms with van der Waals surface area (Å²) in [6.07, 6.45) is 1.68. The molecule has 0 aliphatic heterocycles. The van der Waals surface area contributed by atoms with E-state index >= 15 is 0 Å². The van der Waals surface area contributed by atoms with Crippen LogP contribution in [0.15, 0.2) is 29.2 Å². The second kappa shape index (κ2) is 9.67. The number of hydrogen-bond acceptors (Lipinski definition) is 6. The summed E-state index contributed by atoms with van der Waals surface area (Å²) in [5, 5.41) is 14.5. The van der Waals surface area contributed by atoms with Crippen LogP contribution in [0.25, 0.3) is 21.3 Å². The van der Waals surface area contributed by atoms with Crippen molar-refractivity contribution >= 4 is 28.1 Å². The lowest BCUT2D eigenvalue weighted by Crippen LogP contribution is -2.28. The van der Waals surface area contributed by atoms with Gasteiger partial charge in [-0.2, -0.15) is 0 Å². The number of nitrogens with zero attached hydrogens (tertiary/aromatic N) is 2. The van der Waals surface area contributed by atoms with Crippen LogP contribution in [-0.2, 0) is 18.2 Å². The zero-order valence-corrected chi connectivity index (χ0v) is 23.7. The number of carbonyl (C=O) groups excluding carboxylic acids is 1. The van der Waals surface area contributed by atoms with Crippen LogP contribution in [-0.4, -0.2) is 32.1 Å². The van der Waals surface area contributed by atoms with Crippen molar-refractivity contribution in [2.24, 2.45) is 7.05 Å². The number of rotatable bonds is 7. The molecule has 202 valence electrons. The van der Waals surface area contributed by atoms with Gasteiger partial charge >= 0.3 is 0 Å². The molecular formula is C28H33FN4O4S. The number of aryl methyl sites for hydroxylation is 3. The first-order chi connectivity index (χ1) is 17.6. The number of H-pyrrole nitrogens is 1. The van der Waals surface area contributed by atoms with Crippen LogP contribution < -0.4 is 15.6 Å². The van der Waals surface area contributed by atoms with Gasteiger partial charge in [0.15, 0.2) is 0 Å². The molecular weight excluding hydrogens is 507 g/mol. The van der Waals surface area contributed by atoms with Gasteiger partial charge in [-0.15, -0.1) is 11.3 Å². The van der Waals surface area contributed by atoms with Gasteiger partial charge in [-0.1, -0.05) is 0 Å². The summed E-state index contributed by atoms with van der Waals surface area (Å²) >= 11 is 1.25. The third-order valence-electron chi connectivity index (χ3n) is 6.36. The molecule has 4 aromatic rings. The van der Waals surface area contributed by atoms with Crippen molar-refractivity contribution in [2.45, 2.75) is 59.7 Å². The number of nitrogens with one attached hydrogen (secondary N) is 2. The predicted octanol–water partition coefficient (Wildman–Crippen LogP) is 5.04. The van der Waals surface area contributed by atoms with Crippen LogP contribution >= 0.6 is 11.3 Å². The number of thiazole rings is 1. The van der Waals surface area contributed by atoms with Crippen molar-refractivity contribution < 1.29 is 19.0 Å². The van der Waals surface area contributed by atoms with E-state index in [0.29, 0.717) is 27.4 Å². The van der Waals surface area contributed by atoms with E-state index in [9.17, 15) is 19.1 Å². The molecule has 0 bridgehead atoms. The molecule has 0 radical (unpaired) electrons. The van der Waals surface area contributed by atoms with Crippen LogP contribution in [0.1, 0.15) is 66.8 Å². The molecule has 0 aliphatic rings. The Bertz CT molecular complexity index is 1580. The van der Waals surface area contributed by atoms with Gasteiger partial charge in [0.05, 0.1) is 0 Å². The molecule has 0 saturated carbocycles. The minimum absolute atomic E-state index is 0.263. The number of pyridine rings is 1. The normalized spacial score (nSPS) is 12.3. The van der Waals surface area contributed by atoms with Gasteiger partial charge in [0, 0.05) is 36.3 Å². The van der Waals surface area contributed by atoms with Gasteiger partial charge in [0.2, 0.25) is 5.88 Å². The minimum atomic E-state index is -1.25. The maximum Gasteiger partial charge on any atom is 0.274 e. The largest absolute Gasteiger partial charge is 0.466 e. The highest BCUT2D eigenvalue weighted by Crippen LogP contribution is 2.44. The lowest BCUT2D eigenvalue weighted by molar-refractivity contribution is 0.0734. The SMILES string of the molecule is CCNC(=O)c1cc2c(-c3sc(C(C)(C)O)nc3OC(C)(C)c3c(C)cc(F)cc3C)cn(C)c(=O)c2[nH]1. The van der Waals surface area contributed by atoms with Crippen LogP contribution in [0.4, 0.5) is 4.39 Å². The molecule has 8 nitrogen and oxygen atoms in total. The summed E-state index contributed by atoms with van der Waals surface area (Å²) in [6.45, 7) is 13.0.